The van der Waals surface area contributed by atoms with Gasteiger partial charge in [-0.05, 0) is 11.4 Å². The average molecular weight is 410 g/mol. The monoisotopic (exact) mass is 411 g/mol. The summed E-state index contributed by atoms with van der Waals surface area (Å²) in [7, 11) is 0. The Morgan fingerprint density at radius 3 is 2.24 bits per heavy atom. The van der Waals surface area contributed by atoms with Crippen LogP contribution in [0.15, 0.2) is 23.6 Å². The van der Waals surface area contributed by atoms with Crippen LogP contribution in [-0.2, 0) is 4.79 Å². The Balaban J connectivity index is -0.000000653. The van der Waals surface area contributed by atoms with Crippen LogP contribution in [0.25, 0.3) is 5.76 Å². The maximum Gasteiger partial charge on any atom is 0.454 e. The number of allylic oxidation sites excluding steroid dienone is 1. The third kappa shape index (κ3) is 7.27. The molecule has 1 aromatic rings. The van der Waals surface area contributed by atoms with Crippen LogP contribution in [0.2, 0.25) is 0 Å². The Morgan fingerprint density at radius 1 is 1.35 bits per heavy atom. The van der Waals surface area contributed by atoms with Crippen molar-refractivity contribution < 1.29 is 83.4 Å². The number of alkyl halides is 3. The van der Waals surface area contributed by atoms with Crippen LogP contribution in [0.5, 0.6) is 0 Å². The number of aliphatic hydroxyl groups is 1. The smallest absolute Gasteiger partial charge is 0.454 e. The summed E-state index contributed by atoms with van der Waals surface area (Å²) in [4.78, 5) is 10.6. The molecular weight excluding hydrogens is 401 g/mol. The molecule has 5 N–H and O–H groups in total. The standard InChI is InChI=1S/C8H5F3O2S.Eu.2H2O/c9-8(10,11)7(13)4-5(12)6-2-1-3-14-6;;;/h1-4,12H;;2*1H2/b5-4-;;;. The molecule has 9 heteroatoms. The molecule has 1 rings (SSSR count). The van der Waals surface area contributed by atoms with Gasteiger partial charge in [0.15, 0.2) is 0 Å². The molecular formula is C8H9EuF3O4S. The summed E-state index contributed by atoms with van der Waals surface area (Å²) in [5.74, 6) is -2.73. The molecule has 1 aromatic heterocycles. The van der Waals surface area contributed by atoms with Crippen molar-refractivity contribution in [2.45, 2.75) is 6.18 Å². The van der Waals surface area contributed by atoms with Gasteiger partial charge in [0.05, 0.1) is 4.88 Å². The third-order valence-corrected chi connectivity index (χ3v) is 2.21. The average Bonchev–Trinajstić information content (AvgIpc) is 2.53. The van der Waals surface area contributed by atoms with Crippen molar-refractivity contribution in [3.63, 3.8) is 0 Å². The Bertz CT molecular complexity index is 361. The minimum absolute atomic E-state index is 0. The zero-order chi connectivity index (χ0) is 10.8. The number of rotatable bonds is 2. The van der Waals surface area contributed by atoms with Crippen molar-refractivity contribution in [2.24, 2.45) is 0 Å². The zero-order valence-corrected chi connectivity index (χ0v) is 11.3. The number of ketones is 1. The van der Waals surface area contributed by atoms with Gasteiger partial charge in [-0.15, -0.1) is 11.3 Å². The van der Waals surface area contributed by atoms with E-state index in [-0.39, 0.29) is 71.3 Å². The second-order valence-corrected chi connectivity index (χ2v) is 3.32. The normalized spacial score (nSPS) is 10.6. The van der Waals surface area contributed by atoms with Gasteiger partial charge in [0.1, 0.15) is 5.76 Å². The molecule has 0 spiro atoms. The fourth-order valence-electron chi connectivity index (χ4n) is 0.701. The molecule has 0 aromatic carbocycles. The molecule has 0 atom stereocenters. The summed E-state index contributed by atoms with van der Waals surface area (Å²) >= 11 is 1.05. The Morgan fingerprint density at radius 2 is 1.88 bits per heavy atom. The number of carbonyl (C=O) groups excluding carboxylic acids is 1. The van der Waals surface area contributed by atoms with Crippen molar-refractivity contribution in [2.75, 3.05) is 0 Å². The van der Waals surface area contributed by atoms with E-state index in [1.807, 2.05) is 0 Å². The second kappa shape index (κ2) is 9.18. The summed E-state index contributed by atoms with van der Waals surface area (Å²) < 4.78 is 35.2. The van der Waals surface area contributed by atoms with Gasteiger partial charge in [0.25, 0.3) is 5.78 Å². The molecule has 0 unspecified atom stereocenters. The van der Waals surface area contributed by atoms with Crippen molar-refractivity contribution in [3.8, 4) is 0 Å². The molecule has 0 amide bonds. The molecule has 0 saturated heterocycles. The Labute approximate surface area is 139 Å². The summed E-state index contributed by atoms with van der Waals surface area (Å²) in [6.45, 7) is 0. The van der Waals surface area contributed by atoms with Crippen LogP contribution >= 0.6 is 11.3 Å². The predicted octanol–water partition coefficient (Wildman–Crippen LogP) is 1.13. The third-order valence-electron chi connectivity index (χ3n) is 1.32. The maximum absolute atomic E-state index is 11.7. The molecule has 0 aliphatic rings. The van der Waals surface area contributed by atoms with Crippen LogP contribution in [0.1, 0.15) is 4.88 Å². The summed E-state index contributed by atoms with van der Waals surface area (Å²) in [6, 6.07) is 2.97. The van der Waals surface area contributed by atoms with Crippen LogP contribution < -0.4 is 0 Å². The topological polar surface area (TPSA) is 100 Å². The van der Waals surface area contributed by atoms with Crippen LogP contribution in [0.3, 0.4) is 0 Å². The van der Waals surface area contributed by atoms with E-state index in [9.17, 15) is 18.0 Å². The first-order valence-electron chi connectivity index (χ1n) is 3.47. The van der Waals surface area contributed by atoms with E-state index in [0.29, 0.717) is 0 Å². The van der Waals surface area contributed by atoms with Gasteiger partial charge in [0, 0.05) is 55.5 Å². The van der Waals surface area contributed by atoms with E-state index < -0.39 is 17.7 Å². The van der Waals surface area contributed by atoms with Gasteiger partial charge in [-0.3, -0.25) is 4.79 Å². The van der Waals surface area contributed by atoms with E-state index in [1.54, 1.807) is 11.4 Å². The first-order valence-corrected chi connectivity index (χ1v) is 4.35. The molecule has 1 heterocycles. The fourth-order valence-corrected chi connectivity index (χ4v) is 1.34. The van der Waals surface area contributed by atoms with Gasteiger partial charge in [-0.25, -0.2) is 0 Å². The molecule has 0 saturated carbocycles. The number of thiophene rings is 1. The van der Waals surface area contributed by atoms with E-state index in [2.05, 4.69) is 0 Å². The molecule has 0 bridgehead atoms. The number of hydrogen-bond acceptors (Lipinski definition) is 3. The molecule has 99 valence electrons. The minimum atomic E-state index is -4.94. The first kappa shape index (κ1) is 22.4. The second-order valence-electron chi connectivity index (χ2n) is 2.37. The quantitative estimate of drug-likeness (QED) is 0.584. The largest absolute Gasteiger partial charge is 0.506 e. The van der Waals surface area contributed by atoms with Crippen molar-refractivity contribution in [1.29, 1.82) is 0 Å². The van der Waals surface area contributed by atoms with Gasteiger partial charge < -0.3 is 16.1 Å². The van der Waals surface area contributed by atoms with Crippen LogP contribution in [0.4, 0.5) is 13.2 Å². The predicted molar refractivity (Wildman–Crippen MR) is 53.2 cm³/mol. The van der Waals surface area contributed by atoms with E-state index >= 15 is 0 Å². The molecule has 4 nitrogen and oxygen atoms in total. The maximum atomic E-state index is 11.7. The van der Waals surface area contributed by atoms with Gasteiger partial charge in [-0.2, -0.15) is 13.2 Å². The van der Waals surface area contributed by atoms with Gasteiger partial charge in [0.2, 0.25) is 0 Å². The Hall–Kier alpha value is 0.204. The molecule has 17 heavy (non-hydrogen) atoms. The minimum Gasteiger partial charge on any atom is -0.506 e. The first-order chi connectivity index (χ1) is 6.41. The van der Waals surface area contributed by atoms with Crippen LogP contribution in [0, 0.1) is 49.4 Å². The fraction of sp³-hybridized carbons (Fsp3) is 0.125. The van der Waals surface area contributed by atoms with Crippen molar-refractivity contribution >= 4 is 22.9 Å². The number of halogens is 3. The number of aliphatic hydroxyl groups excluding tert-OH is 1. The van der Waals surface area contributed by atoms with E-state index in [4.69, 9.17) is 5.11 Å². The van der Waals surface area contributed by atoms with E-state index in [0.717, 1.165) is 11.3 Å². The molecule has 1 radical (unpaired) electrons. The Kier molecular flexibility index (Phi) is 12.1. The van der Waals surface area contributed by atoms with Crippen molar-refractivity contribution in [1.82, 2.24) is 0 Å². The molecule has 0 fully saturated rings. The molecule has 0 aliphatic carbocycles. The van der Waals surface area contributed by atoms with Crippen molar-refractivity contribution in [3.05, 3.63) is 28.5 Å². The number of hydrogen-bond donors (Lipinski definition) is 1. The summed E-state index contributed by atoms with van der Waals surface area (Å²) in [5.41, 5.74) is 0. The van der Waals surface area contributed by atoms with Gasteiger partial charge in [-0.1, -0.05) is 6.07 Å². The van der Waals surface area contributed by atoms with Gasteiger partial charge >= 0.3 is 6.18 Å². The zero-order valence-electron chi connectivity index (χ0n) is 8.08. The SMILES string of the molecule is O.O.O=C(/C=C(\O)c1cccs1)C(F)(F)F.[Eu]. The molecule has 0 aliphatic heterocycles. The number of carbonyl (C=O) groups is 1. The summed E-state index contributed by atoms with van der Waals surface area (Å²) in [5, 5.41) is 10.7. The summed E-state index contributed by atoms with van der Waals surface area (Å²) in [6.07, 6.45) is -4.77. The van der Waals surface area contributed by atoms with E-state index in [1.165, 1.54) is 6.07 Å². The van der Waals surface area contributed by atoms with Crippen LogP contribution in [-0.4, -0.2) is 28.0 Å².